The third-order valence-corrected chi connectivity index (χ3v) is 3.37. The quantitative estimate of drug-likeness (QED) is 0.725. The largest absolute Gasteiger partial charge is 0.298 e. The second-order valence-electron chi connectivity index (χ2n) is 2.97. The van der Waals surface area contributed by atoms with Crippen molar-refractivity contribution >= 4 is 41.1 Å². The Hall–Kier alpha value is -0.548. The van der Waals surface area contributed by atoms with Crippen LogP contribution in [0.25, 0.3) is 0 Å². The summed E-state index contributed by atoms with van der Waals surface area (Å²) in [7, 11) is 0. The Morgan fingerprint density at radius 3 is 1.29 bits per heavy atom. The molecule has 0 aliphatic rings. The maximum absolute atomic E-state index is 2.20. The molecule has 0 unspecified atom stereocenters. The van der Waals surface area contributed by atoms with Crippen molar-refractivity contribution < 1.29 is 0 Å². The third kappa shape index (κ3) is 3.31. The topological polar surface area (TPSA) is 0 Å². The van der Waals surface area contributed by atoms with Crippen LogP contribution in [0.15, 0.2) is 60.7 Å². The molecule has 0 N–H and O–H groups in total. The van der Waals surface area contributed by atoms with Gasteiger partial charge in [0.25, 0.3) is 15.2 Å². The average Bonchev–Trinajstić information content (AvgIpc) is 2.21. The summed E-state index contributed by atoms with van der Waals surface area (Å²) in [6.45, 7) is 0. The fourth-order valence-corrected chi connectivity index (χ4v) is 2.51. The smallest absolute Gasteiger partial charge is 0.117 e. The summed E-state index contributed by atoms with van der Waals surface area (Å²) < 4.78 is 2.90. The van der Waals surface area contributed by atoms with E-state index in [4.69, 9.17) is 0 Å². The molecule has 0 atom stereocenters. The van der Waals surface area contributed by atoms with Crippen molar-refractivity contribution in [3.8, 4) is 0 Å². The van der Waals surface area contributed by atoms with Gasteiger partial charge in [-0.2, -0.15) is 0 Å². The standard InChI is InChI=1S/2C6H5.Al.BrH/c2*1-2-4-6-5-3-1;;/h2*1-5H;;1H. The van der Waals surface area contributed by atoms with Crippen LogP contribution < -0.4 is 8.85 Å². The Labute approximate surface area is 101 Å². The van der Waals surface area contributed by atoms with Crippen LogP contribution in [0.4, 0.5) is 0 Å². The van der Waals surface area contributed by atoms with E-state index in [1.165, 1.54) is 8.85 Å². The summed E-state index contributed by atoms with van der Waals surface area (Å²) in [5.41, 5.74) is 0. The van der Waals surface area contributed by atoms with Crippen molar-refractivity contribution in [1.29, 1.82) is 0 Å². The Morgan fingerprint density at radius 2 is 0.929 bits per heavy atom. The maximum Gasteiger partial charge on any atom is 0.298 e. The van der Waals surface area contributed by atoms with Crippen LogP contribution in [0.5, 0.6) is 0 Å². The monoisotopic (exact) mass is 261 g/mol. The van der Waals surface area contributed by atoms with E-state index in [2.05, 4.69) is 60.7 Å². The molecule has 2 rings (SSSR count). The van der Waals surface area contributed by atoms with E-state index in [1.807, 2.05) is 0 Å². The minimum absolute atomic E-state index is 0. The highest BCUT2D eigenvalue weighted by Crippen LogP contribution is 1.84. The van der Waals surface area contributed by atoms with Gasteiger partial charge in [0.1, 0.15) is 0 Å². The van der Waals surface area contributed by atoms with Crippen molar-refractivity contribution in [3.63, 3.8) is 0 Å². The molecule has 0 spiro atoms. The molecule has 0 nitrogen and oxygen atoms in total. The van der Waals surface area contributed by atoms with Gasteiger partial charge in [-0.05, 0) is 0 Å². The molecule has 0 amide bonds. The molecule has 0 saturated heterocycles. The zero-order chi connectivity index (χ0) is 8.93. The number of benzene rings is 2. The Bertz CT molecular complexity index is 321. The van der Waals surface area contributed by atoms with Crippen molar-refractivity contribution in [2.75, 3.05) is 0 Å². The molecule has 0 aromatic heterocycles. The maximum atomic E-state index is 2.20. The summed E-state index contributed by atoms with van der Waals surface area (Å²) in [6.07, 6.45) is 0. The van der Waals surface area contributed by atoms with Gasteiger partial charge < -0.3 is 0 Å². The lowest BCUT2D eigenvalue weighted by Gasteiger charge is -1.98. The van der Waals surface area contributed by atoms with Gasteiger partial charge in [-0.3, -0.25) is 0 Å². The molecular weight excluding hydrogens is 251 g/mol. The van der Waals surface area contributed by atoms with Gasteiger partial charge >= 0.3 is 0 Å². The van der Waals surface area contributed by atoms with Crippen molar-refractivity contribution in [2.24, 2.45) is 0 Å². The average molecular weight is 262 g/mol. The molecule has 2 aromatic rings. The minimum atomic E-state index is 0. The van der Waals surface area contributed by atoms with Crippen LogP contribution >= 0.6 is 17.0 Å². The van der Waals surface area contributed by atoms with Crippen LogP contribution in [-0.2, 0) is 0 Å². The van der Waals surface area contributed by atoms with E-state index in [0.29, 0.717) is 0 Å². The van der Waals surface area contributed by atoms with Crippen LogP contribution in [0.1, 0.15) is 0 Å². The van der Waals surface area contributed by atoms with E-state index in [0.717, 1.165) is 0 Å². The highest BCUT2D eigenvalue weighted by atomic mass is 79.9. The zero-order valence-corrected chi connectivity index (χ0v) is 10.6. The lowest BCUT2D eigenvalue weighted by molar-refractivity contribution is 1.75. The van der Waals surface area contributed by atoms with Crippen LogP contribution in [-0.4, -0.2) is 15.2 Å². The number of halogens is 1. The third-order valence-electron chi connectivity index (χ3n) is 1.93. The molecule has 0 heterocycles. The summed E-state index contributed by atoms with van der Waals surface area (Å²) >= 11 is 0.271. The molecular formula is C12H11AlBr. The number of rotatable bonds is 2. The van der Waals surface area contributed by atoms with Gasteiger partial charge in [0.2, 0.25) is 0 Å². The lowest BCUT2D eigenvalue weighted by atomic mass is 10.4. The van der Waals surface area contributed by atoms with Gasteiger partial charge in [-0.15, -0.1) is 25.8 Å². The number of hydrogen-bond donors (Lipinski definition) is 0. The van der Waals surface area contributed by atoms with E-state index in [1.54, 1.807) is 0 Å². The fourth-order valence-electron chi connectivity index (χ4n) is 1.29. The van der Waals surface area contributed by atoms with Gasteiger partial charge in [-0.25, -0.2) is 0 Å². The SMILES string of the molecule is Br.c1cc[c]([Al][c]2ccccc2)cc1. The van der Waals surface area contributed by atoms with Crippen molar-refractivity contribution in [3.05, 3.63) is 60.7 Å². The first-order valence-corrected chi connectivity index (χ1v) is 5.55. The zero-order valence-electron chi connectivity index (χ0n) is 7.76. The Morgan fingerprint density at radius 1 is 0.571 bits per heavy atom. The van der Waals surface area contributed by atoms with Gasteiger partial charge in [0.05, 0.1) is 0 Å². The van der Waals surface area contributed by atoms with Crippen LogP contribution in [0, 0.1) is 0 Å². The van der Waals surface area contributed by atoms with Gasteiger partial charge in [0.15, 0.2) is 0 Å². The molecule has 0 bridgehead atoms. The summed E-state index contributed by atoms with van der Waals surface area (Å²) in [4.78, 5) is 0. The lowest BCUT2D eigenvalue weighted by Crippen LogP contribution is -2.26. The predicted molar refractivity (Wildman–Crippen MR) is 68.2 cm³/mol. The fraction of sp³-hybridized carbons (Fsp3) is 0. The molecule has 2 heteroatoms. The molecule has 2 aromatic carbocycles. The first-order valence-electron chi connectivity index (χ1n) is 4.40. The Kier molecular flexibility index (Phi) is 4.97. The predicted octanol–water partition coefficient (Wildman–Crippen LogP) is 1.92. The van der Waals surface area contributed by atoms with Crippen molar-refractivity contribution in [2.45, 2.75) is 0 Å². The Balaban J connectivity index is 0.000000980. The van der Waals surface area contributed by atoms with Crippen molar-refractivity contribution in [1.82, 2.24) is 0 Å². The van der Waals surface area contributed by atoms with Crippen LogP contribution in [0.2, 0.25) is 0 Å². The molecule has 69 valence electrons. The van der Waals surface area contributed by atoms with E-state index in [9.17, 15) is 0 Å². The first kappa shape index (κ1) is 11.5. The highest BCUT2D eigenvalue weighted by Gasteiger charge is 1.96. The van der Waals surface area contributed by atoms with E-state index in [-0.39, 0.29) is 32.2 Å². The first-order chi connectivity index (χ1) is 6.45. The summed E-state index contributed by atoms with van der Waals surface area (Å²) in [6, 6.07) is 21.3. The number of hydrogen-bond acceptors (Lipinski definition) is 0. The second kappa shape index (κ2) is 6.03. The van der Waals surface area contributed by atoms with E-state index < -0.39 is 0 Å². The van der Waals surface area contributed by atoms with Gasteiger partial charge in [0, 0.05) is 0 Å². The summed E-state index contributed by atoms with van der Waals surface area (Å²) in [5, 5.41) is 0. The van der Waals surface area contributed by atoms with E-state index >= 15 is 0 Å². The molecule has 0 fully saturated rings. The van der Waals surface area contributed by atoms with Gasteiger partial charge in [-0.1, -0.05) is 60.7 Å². The molecule has 0 saturated carbocycles. The normalized spacial score (nSPS) is 8.86. The second-order valence-corrected chi connectivity index (χ2v) is 4.59. The highest BCUT2D eigenvalue weighted by molar-refractivity contribution is 8.93. The minimum Gasteiger partial charge on any atom is -0.117 e. The van der Waals surface area contributed by atoms with Crippen LogP contribution in [0.3, 0.4) is 0 Å². The molecule has 0 aliphatic heterocycles. The molecule has 14 heavy (non-hydrogen) atoms. The summed E-state index contributed by atoms with van der Waals surface area (Å²) in [5.74, 6) is 0. The molecule has 1 radical (unpaired) electrons. The molecule has 0 aliphatic carbocycles.